The highest BCUT2D eigenvalue weighted by Crippen LogP contribution is 2.26. The van der Waals surface area contributed by atoms with Gasteiger partial charge in [0.05, 0.1) is 26.4 Å². The third-order valence-electron chi connectivity index (χ3n) is 3.02. The average Bonchev–Trinajstić information content (AvgIpc) is 2.35. The smallest absolute Gasteiger partial charge is 0.177 e. The molecule has 0 radical (unpaired) electrons. The third kappa shape index (κ3) is 12.8. The van der Waals surface area contributed by atoms with E-state index < -0.39 is 16.6 Å². The second-order valence-corrected chi connectivity index (χ2v) is 14.9. The summed E-state index contributed by atoms with van der Waals surface area (Å²) in [5.74, 6) is 0. The molecule has 0 aromatic heterocycles. The van der Waals surface area contributed by atoms with Crippen LogP contribution in [-0.2, 0) is 4.12 Å². The third-order valence-corrected chi connectivity index (χ3v) is 10.1. The molecule has 0 aliphatic carbocycles. The lowest BCUT2D eigenvalue weighted by Crippen LogP contribution is -2.45. The Bertz CT molecular complexity index is 331. The molecule has 0 aromatic rings. The van der Waals surface area contributed by atoms with Crippen LogP contribution in [0, 0.1) is 0 Å². The molecule has 0 aliphatic heterocycles. The van der Waals surface area contributed by atoms with Crippen LogP contribution in [-0.4, -0.2) is 63.5 Å². The Morgan fingerprint density at radius 3 is 1.26 bits per heavy atom. The van der Waals surface area contributed by atoms with Crippen LogP contribution in [0.2, 0.25) is 38.3 Å². The van der Waals surface area contributed by atoms with Crippen LogP contribution < -0.4 is 0 Å². The summed E-state index contributed by atoms with van der Waals surface area (Å²) in [5.41, 5.74) is 1.62. The Morgan fingerprint density at radius 1 is 0.739 bits per heavy atom. The van der Waals surface area contributed by atoms with E-state index in [4.69, 9.17) is 14.3 Å². The van der Waals surface area contributed by atoms with Crippen molar-refractivity contribution in [2.45, 2.75) is 53.1 Å². The monoisotopic (exact) mass is 366 g/mol. The molecule has 0 rings (SSSR count). The summed E-state index contributed by atoms with van der Waals surface area (Å²) in [6.45, 7) is 8.11. The molecular weight excluding hydrogens is 328 g/mol. The number of aliphatic hydroxyl groups excluding tert-OH is 4. The Kier molecular flexibility index (Phi) is 15.6. The normalized spacial score (nSPS) is 13.4. The first-order chi connectivity index (χ1) is 9.69. The summed E-state index contributed by atoms with van der Waals surface area (Å²) in [4.78, 5) is 0. The van der Waals surface area contributed by atoms with Gasteiger partial charge in [-0.3, -0.25) is 0 Å². The Morgan fingerprint density at radius 2 is 1.04 bits per heavy atom. The number of aliphatic hydroxyl groups is 4. The Balaban J connectivity index is -0.00000200. The summed E-state index contributed by atoms with van der Waals surface area (Å²) in [6, 6.07) is 1.36. The van der Waals surface area contributed by atoms with Gasteiger partial charge in [0.2, 0.25) is 0 Å². The standard InChI is InChI=1S/C14H30O5Si2.2CH4/c1-20(2,11-13(9-17)5-7-15)19-21(3,4)12-14(10-18)6-8-16;;/h5-6,15-18H,7-12H2,1-4H3;2*1H4/b13-5+,14-6+;;. The maximum atomic E-state index is 9.30. The highest BCUT2D eigenvalue weighted by molar-refractivity contribution is 6.85. The molecule has 4 N–H and O–H groups in total. The number of rotatable bonds is 10. The van der Waals surface area contributed by atoms with Gasteiger partial charge in [0.15, 0.2) is 16.6 Å². The predicted molar refractivity (Wildman–Crippen MR) is 104 cm³/mol. The van der Waals surface area contributed by atoms with Gasteiger partial charge in [-0.25, -0.2) is 0 Å². The molecule has 0 aliphatic rings. The highest BCUT2D eigenvalue weighted by Gasteiger charge is 2.34. The average molecular weight is 367 g/mol. The van der Waals surface area contributed by atoms with Crippen molar-refractivity contribution in [3.8, 4) is 0 Å². The Hall–Kier alpha value is -0.286. The van der Waals surface area contributed by atoms with Crippen molar-refractivity contribution in [1.29, 1.82) is 0 Å². The van der Waals surface area contributed by atoms with Gasteiger partial charge < -0.3 is 24.5 Å². The molecule has 0 bridgehead atoms. The lowest BCUT2D eigenvalue weighted by molar-refractivity contribution is 0.318. The fraction of sp³-hybridized carbons (Fsp3) is 0.750. The van der Waals surface area contributed by atoms with Crippen LogP contribution in [0.3, 0.4) is 0 Å². The van der Waals surface area contributed by atoms with Crippen LogP contribution in [0.25, 0.3) is 0 Å². The topological polar surface area (TPSA) is 90.2 Å². The minimum absolute atomic E-state index is 0. The number of hydrogen-bond donors (Lipinski definition) is 4. The minimum Gasteiger partial charge on any atom is -0.455 e. The molecule has 0 aromatic carbocycles. The molecule has 0 saturated carbocycles. The SMILES string of the molecule is C.C.C[Si](C)(C/C(=C/CO)CO)O[Si](C)(C)C/C(=C/CO)CO. The first kappa shape index (κ1) is 27.6. The summed E-state index contributed by atoms with van der Waals surface area (Å²) in [7, 11) is -4.02. The molecular formula is C16H38O5Si2. The van der Waals surface area contributed by atoms with Crippen LogP contribution in [0.1, 0.15) is 14.9 Å². The summed E-state index contributed by atoms with van der Waals surface area (Å²) >= 11 is 0. The quantitative estimate of drug-likeness (QED) is 0.352. The van der Waals surface area contributed by atoms with E-state index in [1.54, 1.807) is 12.2 Å². The second kappa shape index (κ2) is 13.1. The summed E-state index contributed by atoms with van der Waals surface area (Å²) in [6.07, 6.45) is 3.27. The van der Waals surface area contributed by atoms with Gasteiger partial charge in [0.25, 0.3) is 0 Å². The maximum Gasteiger partial charge on any atom is 0.177 e. The van der Waals surface area contributed by atoms with E-state index in [-0.39, 0.29) is 41.3 Å². The molecule has 0 heterocycles. The molecule has 0 fully saturated rings. The molecule has 7 heteroatoms. The van der Waals surface area contributed by atoms with Crippen molar-refractivity contribution >= 4 is 16.6 Å². The lowest BCUT2D eigenvalue weighted by Gasteiger charge is -2.35. The molecule has 0 unspecified atom stereocenters. The van der Waals surface area contributed by atoms with Gasteiger partial charge in [0.1, 0.15) is 0 Å². The van der Waals surface area contributed by atoms with Gasteiger partial charge in [-0.2, -0.15) is 0 Å². The molecule has 5 nitrogen and oxygen atoms in total. The zero-order valence-corrected chi connectivity index (χ0v) is 15.6. The maximum absolute atomic E-state index is 9.30. The molecule has 0 amide bonds. The molecule has 0 spiro atoms. The van der Waals surface area contributed by atoms with Crippen LogP contribution >= 0.6 is 0 Å². The summed E-state index contributed by atoms with van der Waals surface area (Å²) in [5, 5.41) is 36.5. The second-order valence-electron chi connectivity index (χ2n) is 6.38. The van der Waals surface area contributed by atoms with E-state index in [2.05, 4.69) is 26.2 Å². The summed E-state index contributed by atoms with van der Waals surface area (Å²) < 4.78 is 6.39. The first-order valence-corrected chi connectivity index (χ1v) is 13.4. The van der Waals surface area contributed by atoms with Gasteiger partial charge in [-0.05, 0) is 49.4 Å². The number of hydrogen-bond acceptors (Lipinski definition) is 5. The fourth-order valence-corrected chi connectivity index (χ4v) is 11.8. The van der Waals surface area contributed by atoms with Crippen LogP contribution in [0.4, 0.5) is 0 Å². The van der Waals surface area contributed by atoms with Crippen molar-refractivity contribution in [3.63, 3.8) is 0 Å². The van der Waals surface area contributed by atoms with Crippen molar-refractivity contribution in [2.75, 3.05) is 26.4 Å². The molecule has 140 valence electrons. The molecule has 23 heavy (non-hydrogen) atoms. The zero-order valence-electron chi connectivity index (χ0n) is 13.6. The van der Waals surface area contributed by atoms with Gasteiger partial charge >= 0.3 is 0 Å². The lowest BCUT2D eigenvalue weighted by atomic mass is 10.3. The van der Waals surface area contributed by atoms with Crippen molar-refractivity contribution in [1.82, 2.24) is 0 Å². The van der Waals surface area contributed by atoms with Gasteiger partial charge in [0, 0.05) is 0 Å². The van der Waals surface area contributed by atoms with Crippen molar-refractivity contribution in [2.24, 2.45) is 0 Å². The Labute approximate surface area is 144 Å². The first-order valence-electron chi connectivity index (χ1n) is 7.19. The largest absolute Gasteiger partial charge is 0.455 e. The molecule has 0 saturated heterocycles. The highest BCUT2D eigenvalue weighted by atomic mass is 28.4. The van der Waals surface area contributed by atoms with Crippen LogP contribution in [0.5, 0.6) is 0 Å². The van der Waals surface area contributed by atoms with Crippen molar-refractivity contribution in [3.05, 3.63) is 23.3 Å². The van der Waals surface area contributed by atoms with Crippen LogP contribution in [0.15, 0.2) is 23.3 Å². The van der Waals surface area contributed by atoms with E-state index >= 15 is 0 Å². The van der Waals surface area contributed by atoms with E-state index in [1.165, 1.54) is 0 Å². The van der Waals surface area contributed by atoms with Crippen molar-refractivity contribution < 1.29 is 24.5 Å². The van der Waals surface area contributed by atoms with E-state index in [0.29, 0.717) is 12.1 Å². The minimum atomic E-state index is -2.01. The fourth-order valence-electron chi connectivity index (χ4n) is 2.56. The molecule has 0 atom stereocenters. The zero-order chi connectivity index (χ0) is 16.5. The van der Waals surface area contributed by atoms with E-state index in [1.807, 2.05) is 0 Å². The van der Waals surface area contributed by atoms with E-state index in [9.17, 15) is 10.2 Å². The van der Waals surface area contributed by atoms with E-state index in [0.717, 1.165) is 11.1 Å². The van der Waals surface area contributed by atoms with Gasteiger partial charge in [-0.1, -0.05) is 27.0 Å². The predicted octanol–water partition coefficient (Wildman–Crippen LogP) is 2.51. The van der Waals surface area contributed by atoms with Gasteiger partial charge in [-0.15, -0.1) is 0 Å².